The lowest BCUT2D eigenvalue weighted by Gasteiger charge is -2.39. The maximum Gasteiger partial charge on any atom is 0.410 e. The summed E-state index contributed by atoms with van der Waals surface area (Å²) in [7, 11) is 0. The van der Waals surface area contributed by atoms with Crippen LogP contribution < -0.4 is 0 Å². The zero-order valence-corrected chi connectivity index (χ0v) is 14.1. The van der Waals surface area contributed by atoms with Crippen molar-refractivity contribution in [3.8, 4) is 0 Å². The topological polar surface area (TPSA) is 49.9 Å². The van der Waals surface area contributed by atoms with Crippen LogP contribution >= 0.6 is 0 Å². The standard InChI is InChI=1S/C18H19F3N2O3/c19-14-4-2-12(16(20)17(14)21)3-5-15(24)22-9-6-13(7-10-22)23-8-1-11-26-18(23)25/h2-5,13H,1,6-11H2. The largest absolute Gasteiger partial charge is 0.449 e. The van der Waals surface area contributed by atoms with Gasteiger partial charge in [-0.3, -0.25) is 4.79 Å². The first kappa shape index (κ1) is 18.3. The molecular formula is C18H19F3N2O3. The number of carbonyl (C=O) groups is 2. The van der Waals surface area contributed by atoms with Gasteiger partial charge in [0, 0.05) is 37.3 Å². The fraction of sp³-hybridized carbons (Fsp3) is 0.444. The van der Waals surface area contributed by atoms with Crippen molar-refractivity contribution in [2.75, 3.05) is 26.2 Å². The minimum Gasteiger partial charge on any atom is -0.449 e. The second-order valence-corrected chi connectivity index (χ2v) is 6.32. The van der Waals surface area contributed by atoms with Crippen molar-refractivity contribution in [3.05, 3.63) is 41.2 Å². The highest BCUT2D eigenvalue weighted by atomic mass is 19.2. The average molecular weight is 368 g/mol. The van der Waals surface area contributed by atoms with E-state index in [1.165, 1.54) is 0 Å². The van der Waals surface area contributed by atoms with Crippen LogP contribution in [0.5, 0.6) is 0 Å². The summed E-state index contributed by atoms with van der Waals surface area (Å²) >= 11 is 0. The zero-order chi connectivity index (χ0) is 18.7. The van der Waals surface area contributed by atoms with Gasteiger partial charge in [-0.05, 0) is 37.5 Å². The molecule has 0 aliphatic carbocycles. The Morgan fingerprint density at radius 3 is 2.54 bits per heavy atom. The molecule has 5 nitrogen and oxygen atoms in total. The molecule has 1 aromatic rings. The number of benzene rings is 1. The first-order valence-corrected chi connectivity index (χ1v) is 8.51. The van der Waals surface area contributed by atoms with E-state index in [0.717, 1.165) is 30.7 Å². The van der Waals surface area contributed by atoms with Crippen molar-refractivity contribution in [1.82, 2.24) is 9.80 Å². The Kier molecular flexibility index (Phi) is 5.49. The summed E-state index contributed by atoms with van der Waals surface area (Å²) in [5.41, 5.74) is -0.191. The number of amides is 2. The second-order valence-electron chi connectivity index (χ2n) is 6.32. The van der Waals surface area contributed by atoms with Gasteiger partial charge in [0.15, 0.2) is 17.5 Å². The van der Waals surface area contributed by atoms with E-state index in [9.17, 15) is 22.8 Å². The van der Waals surface area contributed by atoms with Crippen molar-refractivity contribution in [3.63, 3.8) is 0 Å². The van der Waals surface area contributed by atoms with Gasteiger partial charge in [-0.15, -0.1) is 0 Å². The molecule has 0 aromatic heterocycles. The summed E-state index contributed by atoms with van der Waals surface area (Å²) in [6.07, 6.45) is 4.03. The zero-order valence-electron chi connectivity index (χ0n) is 14.1. The first-order chi connectivity index (χ1) is 12.5. The van der Waals surface area contributed by atoms with Gasteiger partial charge in [0.1, 0.15) is 0 Å². The highest BCUT2D eigenvalue weighted by Crippen LogP contribution is 2.21. The van der Waals surface area contributed by atoms with E-state index in [4.69, 9.17) is 4.74 Å². The summed E-state index contributed by atoms with van der Waals surface area (Å²) in [4.78, 5) is 27.3. The molecule has 0 spiro atoms. The third kappa shape index (κ3) is 3.84. The molecule has 0 N–H and O–H groups in total. The number of rotatable bonds is 3. The van der Waals surface area contributed by atoms with E-state index in [1.807, 2.05) is 0 Å². The smallest absolute Gasteiger partial charge is 0.410 e. The van der Waals surface area contributed by atoms with Crippen LogP contribution in [0.3, 0.4) is 0 Å². The van der Waals surface area contributed by atoms with Crippen LogP contribution in [0.15, 0.2) is 18.2 Å². The van der Waals surface area contributed by atoms with Gasteiger partial charge in [0.05, 0.1) is 6.61 Å². The molecule has 2 saturated heterocycles. The number of cyclic esters (lactones) is 1. The minimum absolute atomic E-state index is 0.0412. The van der Waals surface area contributed by atoms with Crippen LogP contribution in [0.4, 0.5) is 18.0 Å². The molecule has 0 radical (unpaired) electrons. The van der Waals surface area contributed by atoms with Crippen molar-refractivity contribution in [2.45, 2.75) is 25.3 Å². The molecule has 8 heteroatoms. The molecule has 140 valence electrons. The van der Waals surface area contributed by atoms with E-state index in [1.54, 1.807) is 9.80 Å². The molecule has 0 unspecified atom stereocenters. The fourth-order valence-corrected chi connectivity index (χ4v) is 3.23. The SMILES string of the molecule is O=C(C=Cc1ccc(F)c(F)c1F)N1CCC(N2CCCOC2=O)CC1. The van der Waals surface area contributed by atoms with E-state index in [0.29, 0.717) is 39.1 Å². The highest BCUT2D eigenvalue weighted by Gasteiger charge is 2.31. The predicted octanol–water partition coefficient (Wildman–Crippen LogP) is 2.95. The van der Waals surface area contributed by atoms with Crippen molar-refractivity contribution in [2.24, 2.45) is 0 Å². The molecule has 0 saturated carbocycles. The third-order valence-electron chi connectivity index (χ3n) is 4.69. The second kappa shape index (κ2) is 7.80. The lowest BCUT2D eigenvalue weighted by atomic mass is 10.0. The number of ether oxygens (including phenoxy) is 1. The monoisotopic (exact) mass is 368 g/mol. The Hall–Kier alpha value is -2.51. The number of carbonyl (C=O) groups excluding carboxylic acids is 2. The Labute approximate surface area is 149 Å². The summed E-state index contributed by atoms with van der Waals surface area (Å²) < 4.78 is 44.8. The van der Waals surface area contributed by atoms with E-state index < -0.39 is 17.5 Å². The quantitative estimate of drug-likeness (QED) is 0.609. The fourth-order valence-electron chi connectivity index (χ4n) is 3.23. The summed E-state index contributed by atoms with van der Waals surface area (Å²) in [6, 6.07) is 1.93. The predicted molar refractivity (Wildman–Crippen MR) is 87.6 cm³/mol. The van der Waals surface area contributed by atoms with Gasteiger partial charge < -0.3 is 14.5 Å². The summed E-state index contributed by atoms with van der Waals surface area (Å²) in [5.74, 6) is -4.50. The number of piperidine rings is 1. The number of hydrogen-bond acceptors (Lipinski definition) is 3. The van der Waals surface area contributed by atoms with E-state index in [-0.39, 0.29) is 23.6 Å². The molecule has 2 aliphatic rings. The van der Waals surface area contributed by atoms with Gasteiger partial charge in [0.2, 0.25) is 5.91 Å². The Morgan fingerprint density at radius 2 is 1.85 bits per heavy atom. The molecule has 2 heterocycles. The lowest BCUT2D eigenvalue weighted by molar-refractivity contribution is -0.127. The van der Waals surface area contributed by atoms with Crippen molar-refractivity contribution >= 4 is 18.1 Å². The van der Waals surface area contributed by atoms with Crippen LogP contribution in [0.25, 0.3) is 6.08 Å². The Bertz CT molecular complexity index is 731. The van der Waals surface area contributed by atoms with Gasteiger partial charge in [-0.2, -0.15) is 0 Å². The molecule has 26 heavy (non-hydrogen) atoms. The minimum atomic E-state index is -1.56. The maximum atomic E-state index is 13.6. The summed E-state index contributed by atoms with van der Waals surface area (Å²) in [6.45, 7) is 2.01. The molecule has 1 aromatic carbocycles. The normalized spacial score (nSPS) is 19.1. The third-order valence-corrected chi connectivity index (χ3v) is 4.69. The van der Waals surface area contributed by atoms with E-state index in [2.05, 4.69) is 0 Å². The number of hydrogen-bond donors (Lipinski definition) is 0. The maximum absolute atomic E-state index is 13.6. The van der Waals surface area contributed by atoms with E-state index >= 15 is 0 Å². The molecule has 2 fully saturated rings. The van der Waals surface area contributed by atoms with Crippen LogP contribution in [0, 0.1) is 17.5 Å². The van der Waals surface area contributed by atoms with Crippen LogP contribution in [-0.2, 0) is 9.53 Å². The van der Waals surface area contributed by atoms with Gasteiger partial charge in [-0.1, -0.05) is 0 Å². The van der Waals surface area contributed by atoms with Gasteiger partial charge >= 0.3 is 6.09 Å². The highest BCUT2D eigenvalue weighted by molar-refractivity contribution is 5.91. The Morgan fingerprint density at radius 1 is 1.12 bits per heavy atom. The molecule has 0 bridgehead atoms. The first-order valence-electron chi connectivity index (χ1n) is 8.51. The number of nitrogens with zero attached hydrogens (tertiary/aromatic N) is 2. The molecule has 3 rings (SSSR count). The van der Waals surface area contributed by atoms with Crippen LogP contribution in [0.2, 0.25) is 0 Å². The number of halogens is 3. The molecule has 0 atom stereocenters. The Balaban J connectivity index is 1.57. The summed E-state index contributed by atoms with van der Waals surface area (Å²) in [5, 5.41) is 0. The lowest BCUT2D eigenvalue weighted by Crippen LogP contribution is -2.50. The van der Waals surface area contributed by atoms with Crippen molar-refractivity contribution in [1.29, 1.82) is 0 Å². The van der Waals surface area contributed by atoms with Gasteiger partial charge in [-0.25, -0.2) is 18.0 Å². The van der Waals surface area contributed by atoms with Gasteiger partial charge in [0.25, 0.3) is 0 Å². The average Bonchev–Trinajstić information content (AvgIpc) is 2.66. The molecule has 2 amide bonds. The molecule has 2 aliphatic heterocycles. The number of likely N-dealkylation sites (tertiary alicyclic amines) is 1. The van der Waals surface area contributed by atoms with Crippen LogP contribution in [-0.4, -0.2) is 54.1 Å². The molecular weight excluding hydrogens is 349 g/mol. The van der Waals surface area contributed by atoms with Crippen molar-refractivity contribution < 1.29 is 27.5 Å². The van der Waals surface area contributed by atoms with Crippen LogP contribution in [0.1, 0.15) is 24.8 Å².